The summed E-state index contributed by atoms with van der Waals surface area (Å²) in [6.45, 7) is 5.90. The van der Waals surface area contributed by atoms with Gasteiger partial charge in [0.05, 0.1) is 6.10 Å². The van der Waals surface area contributed by atoms with E-state index in [-0.39, 0.29) is 18.1 Å². The van der Waals surface area contributed by atoms with Gasteiger partial charge in [-0.3, -0.25) is 4.79 Å². The molecule has 1 aromatic rings. The Hall–Kier alpha value is -1.39. The molecule has 20 heavy (non-hydrogen) atoms. The van der Waals surface area contributed by atoms with Gasteiger partial charge in [0, 0.05) is 19.6 Å². The maximum Gasteiger partial charge on any atom is 0.252 e. The van der Waals surface area contributed by atoms with Crippen molar-refractivity contribution in [2.75, 3.05) is 13.1 Å². The van der Waals surface area contributed by atoms with Crippen molar-refractivity contribution in [1.29, 1.82) is 0 Å². The van der Waals surface area contributed by atoms with Crippen molar-refractivity contribution in [2.24, 2.45) is 5.73 Å². The second-order valence-corrected chi connectivity index (χ2v) is 5.40. The number of hydrogen-bond donors (Lipinski definition) is 1. The molecule has 1 saturated heterocycles. The van der Waals surface area contributed by atoms with Gasteiger partial charge in [-0.15, -0.1) is 0 Å². The highest BCUT2D eigenvalue weighted by molar-refractivity contribution is 5.81. The van der Waals surface area contributed by atoms with Crippen molar-refractivity contribution < 1.29 is 9.53 Å². The molecule has 0 saturated carbocycles. The number of rotatable bonds is 5. The maximum atomic E-state index is 12.5. The number of hydrogen-bond acceptors (Lipinski definition) is 3. The summed E-state index contributed by atoms with van der Waals surface area (Å²) in [4.78, 5) is 14.3. The predicted octanol–water partition coefficient (Wildman–Crippen LogP) is 1.85. The number of aryl methyl sites for hydroxylation is 1. The second kappa shape index (κ2) is 6.86. The fraction of sp³-hybridized carbons (Fsp3) is 0.562. The molecule has 2 rings (SSSR count). The molecule has 0 radical (unpaired) electrons. The first kappa shape index (κ1) is 15.0. The van der Waals surface area contributed by atoms with Crippen LogP contribution in [0, 0.1) is 6.92 Å². The van der Waals surface area contributed by atoms with E-state index in [1.54, 1.807) is 0 Å². The summed E-state index contributed by atoms with van der Waals surface area (Å²) >= 11 is 0. The van der Waals surface area contributed by atoms with Crippen molar-refractivity contribution in [3.05, 3.63) is 35.4 Å². The molecular formula is C16H24N2O2. The smallest absolute Gasteiger partial charge is 0.252 e. The van der Waals surface area contributed by atoms with E-state index in [1.165, 1.54) is 5.56 Å². The second-order valence-electron chi connectivity index (χ2n) is 5.40. The fourth-order valence-corrected chi connectivity index (χ4v) is 2.64. The van der Waals surface area contributed by atoms with Gasteiger partial charge in [-0.2, -0.15) is 0 Å². The quantitative estimate of drug-likeness (QED) is 0.893. The third-order valence-electron chi connectivity index (χ3n) is 3.80. The molecule has 4 heteroatoms. The Morgan fingerprint density at radius 2 is 2.25 bits per heavy atom. The standard InChI is InChI=1S/C16H24N2O2/c1-3-18(11-13-6-4-5-12(2)9-13)16(19)15-8-7-14(10-17)20-15/h4-6,9,14-15H,3,7-8,10-11,17H2,1-2H3. The van der Waals surface area contributed by atoms with Gasteiger partial charge in [0.25, 0.3) is 5.91 Å². The molecule has 0 aromatic heterocycles. The van der Waals surface area contributed by atoms with Crippen molar-refractivity contribution in [3.8, 4) is 0 Å². The Labute approximate surface area is 120 Å². The van der Waals surface area contributed by atoms with Gasteiger partial charge in [-0.25, -0.2) is 0 Å². The molecule has 1 amide bonds. The van der Waals surface area contributed by atoms with Gasteiger partial charge in [0.15, 0.2) is 0 Å². The SMILES string of the molecule is CCN(Cc1cccc(C)c1)C(=O)C1CCC(CN)O1. The summed E-state index contributed by atoms with van der Waals surface area (Å²) in [5, 5.41) is 0. The minimum absolute atomic E-state index is 0.0432. The van der Waals surface area contributed by atoms with E-state index in [2.05, 4.69) is 25.1 Å². The lowest BCUT2D eigenvalue weighted by Gasteiger charge is -2.24. The van der Waals surface area contributed by atoms with Gasteiger partial charge >= 0.3 is 0 Å². The Morgan fingerprint density at radius 1 is 1.45 bits per heavy atom. The minimum Gasteiger partial charge on any atom is -0.364 e. The molecule has 0 spiro atoms. The van der Waals surface area contributed by atoms with E-state index < -0.39 is 0 Å². The highest BCUT2D eigenvalue weighted by atomic mass is 16.5. The number of nitrogens with zero attached hydrogens (tertiary/aromatic N) is 1. The first-order chi connectivity index (χ1) is 9.63. The monoisotopic (exact) mass is 276 g/mol. The Morgan fingerprint density at radius 3 is 2.85 bits per heavy atom. The first-order valence-electron chi connectivity index (χ1n) is 7.34. The van der Waals surface area contributed by atoms with E-state index in [9.17, 15) is 4.79 Å². The van der Waals surface area contributed by atoms with Gasteiger partial charge in [-0.1, -0.05) is 29.8 Å². The number of benzene rings is 1. The lowest BCUT2D eigenvalue weighted by Crippen LogP contribution is -2.39. The average molecular weight is 276 g/mol. The van der Waals surface area contributed by atoms with Gasteiger partial charge in [-0.05, 0) is 32.3 Å². The molecule has 2 atom stereocenters. The molecule has 110 valence electrons. The van der Waals surface area contributed by atoms with Crippen LogP contribution >= 0.6 is 0 Å². The van der Waals surface area contributed by atoms with Crippen molar-refractivity contribution in [3.63, 3.8) is 0 Å². The molecule has 1 aliphatic heterocycles. The summed E-state index contributed by atoms with van der Waals surface area (Å²) in [7, 11) is 0. The van der Waals surface area contributed by atoms with Crippen LogP contribution in [0.5, 0.6) is 0 Å². The van der Waals surface area contributed by atoms with Crippen LogP contribution in [0.15, 0.2) is 24.3 Å². The molecule has 1 heterocycles. The van der Waals surface area contributed by atoms with Crippen molar-refractivity contribution >= 4 is 5.91 Å². The number of likely N-dealkylation sites (N-methyl/N-ethyl adjacent to an activating group) is 1. The Balaban J connectivity index is 1.99. The number of ether oxygens (including phenoxy) is 1. The van der Waals surface area contributed by atoms with E-state index in [0.717, 1.165) is 18.4 Å². The molecule has 1 fully saturated rings. The number of carbonyl (C=O) groups excluding carboxylic acids is 1. The molecular weight excluding hydrogens is 252 g/mol. The molecule has 4 nitrogen and oxygen atoms in total. The van der Waals surface area contributed by atoms with Crippen LogP contribution < -0.4 is 5.73 Å². The number of amides is 1. The Bertz CT molecular complexity index is 462. The van der Waals surface area contributed by atoms with Crippen molar-refractivity contribution in [2.45, 2.75) is 45.4 Å². The van der Waals surface area contributed by atoms with Gasteiger partial charge in [0.2, 0.25) is 0 Å². The highest BCUT2D eigenvalue weighted by Crippen LogP contribution is 2.21. The van der Waals surface area contributed by atoms with Crippen LogP contribution in [-0.4, -0.2) is 36.1 Å². The zero-order valence-electron chi connectivity index (χ0n) is 12.3. The number of nitrogens with two attached hydrogens (primary N) is 1. The zero-order chi connectivity index (χ0) is 14.5. The number of carbonyl (C=O) groups is 1. The van der Waals surface area contributed by atoms with E-state index >= 15 is 0 Å². The van der Waals surface area contributed by atoms with Crippen LogP contribution in [0.2, 0.25) is 0 Å². The minimum atomic E-state index is -0.312. The molecule has 1 aromatic carbocycles. The zero-order valence-corrected chi connectivity index (χ0v) is 12.3. The average Bonchev–Trinajstić information content (AvgIpc) is 2.93. The summed E-state index contributed by atoms with van der Waals surface area (Å²) in [6, 6.07) is 8.27. The molecule has 0 bridgehead atoms. The van der Waals surface area contributed by atoms with Crippen molar-refractivity contribution in [1.82, 2.24) is 4.90 Å². The summed E-state index contributed by atoms with van der Waals surface area (Å²) < 4.78 is 5.70. The fourth-order valence-electron chi connectivity index (χ4n) is 2.64. The summed E-state index contributed by atoms with van der Waals surface area (Å²) in [5.74, 6) is 0.0879. The molecule has 1 aliphatic rings. The molecule has 0 aliphatic carbocycles. The van der Waals surface area contributed by atoms with Crippen LogP contribution in [0.1, 0.15) is 30.9 Å². The van der Waals surface area contributed by atoms with Crippen LogP contribution in [-0.2, 0) is 16.1 Å². The normalized spacial score (nSPS) is 21.9. The lowest BCUT2D eigenvalue weighted by atomic mass is 10.1. The van der Waals surface area contributed by atoms with Crippen LogP contribution in [0.4, 0.5) is 0 Å². The molecule has 2 unspecified atom stereocenters. The largest absolute Gasteiger partial charge is 0.364 e. The van der Waals surface area contributed by atoms with Gasteiger partial charge < -0.3 is 15.4 Å². The summed E-state index contributed by atoms with van der Waals surface area (Å²) in [5.41, 5.74) is 7.97. The van der Waals surface area contributed by atoms with E-state index in [0.29, 0.717) is 19.6 Å². The third-order valence-corrected chi connectivity index (χ3v) is 3.80. The van der Waals surface area contributed by atoms with Gasteiger partial charge in [0.1, 0.15) is 6.10 Å². The Kier molecular flexibility index (Phi) is 5.15. The van der Waals surface area contributed by atoms with Crippen LogP contribution in [0.25, 0.3) is 0 Å². The van der Waals surface area contributed by atoms with E-state index in [1.807, 2.05) is 17.9 Å². The maximum absolute atomic E-state index is 12.5. The highest BCUT2D eigenvalue weighted by Gasteiger charge is 2.32. The van der Waals surface area contributed by atoms with Crippen LogP contribution in [0.3, 0.4) is 0 Å². The van der Waals surface area contributed by atoms with E-state index in [4.69, 9.17) is 10.5 Å². The lowest BCUT2D eigenvalue weighted by molar-refractivity contribution is -0.143. The molecule has 2 N–H and O–H groups in total. The third kappa shape index (κ3) is 3.58. The topological polar surface area (TPSA) is 55.6 Å². The summed E-state index contributed by atoms with van der Waals surface area (Å²) in [6.07, 6.45) is 1.40. The first-order valence-corrected chi connectivity index (χ1v) is 7.34. The predicted molar refractivity (Wildman–Crippen MR) is 79.2 cm³/mol.